The molecule has 70 valence electrons. The SMILES string of the molecule is O=C(C1=CC=CC1)N1CCNCC1. The summed E-state index contributed by atoms with van der Waals surface area (Å²) < 4.78 is 0. The largest absolute Gasteiger partial charge is 0.336 e. The summed E-state index contributed by atoms with van der Waals surface area (Å²) in [7, 11) is 0. The molecular weight excluding hydrogens is 164 g/mol. The first kappa shape index (κ1) is 8.51. The Morgan fingerprint density at radius 2 is 2.15 bits per heavy atom. The van der Waals surface area contributed by atoms with Crippen molar-refractivity contribution in [1.82, 2.24) is 10.2 Å². The van der Waals surface area contributed by atoms with E-state index in [2.05, 4.69) is 5.32 Å². The number of nitrogens with one attached hydrogen (secondary N) is 1. The van der Waals surface area contributed by atoms with Crippen LogP contribution >= 0.6 is 0 Å². The van der Waals surface area contributed by atoms with Gasteiger partial charge in [-0.15, -0.1) is 0 Å². The molecule has 1 aliphatic heterocycles. The van der Waals surface area contributed by atoms with Crippen LogP contribution in [0.2, 0.25) is 0 Å². The molecule has 1 heterocycles. The van der Waals surface area contributed by atoms with Crippen molar-refractivity contribution in [3.05, 3.63) is 23.8 Å². The van der Waals surface area contributed by atoms with Gasteiger partial charge in [0.2, 0.25) is 5.91 Å². The molecule has 1 aliphatic carbocycles. The Morgan fingerprint density at radius 3 is 2.77 bits per heavy atom. The Kier molecular flexibility index (Phi) is 2.45. The van der Waals surface area contributed by atoms with Gasteiger partial charge in [-0.3, -0.25) is 4.79 Å². The summed E-state index contributed by atoms with van der Waals surface area (Å²) in [4.78, 5) is 13.7. The normalized spacial score (nSPS) is 21.8. The average Bonchev–Trinajstić information content (AvgIpc) is 2.71. The molecule has 0 saturated carbocycles. The minimum Gasteiger partial charge on any atom is -0.336 e. The Bertz CT molecular complexity index is 262. The number of amides is 1. The maximum Gasteiger partial charge on any atom is 0.250 e. The zero-order chi connectivity index (χ0) is 9.10. The Balaban J connectivity index is 1.95. The highest BCUT2D eigenvalue weighted by molar-refractivity contribution is 5.94. The minimum absolute atomic E-state index is 0.214. The summed E-state index contributed by atoms with van der Waals surface area (Å²) in [6, 6.07) is 0. The summed E-state index contributed by atoms with van der Waals surface area (Å²) >= 11 is 0. The zero-order valence-corrected chi connectivity index (χ0v) is 7.62. The maximum absolute atomic E-state index is 11.8. The predicted molar refractivity (Wildman–Crippen MR) is 51.3 cm³/mol. The van der Waals surface area contributed by atoms with Crippen LogP contribution in [-0.4, -0.2) is 37.0 Å². The van der Waals surface area contributed by atoms with Crippen LogP contribution in [0.5, 0.6) is 0 Å². The number of nitrogens with zero attached hydrogens (tertiary/aromatic N) is 1. The fourth-order valence-electron chi connectivity index (χ4n) is 1.68. The van der Waals surface area contributed by atoms with Crippen molar-refractivity contribution in [2.45, 2.75) is 6.42 Å². The van der Waals surface area contributed by atoms with Crippen LogP contribution in [0, 0.1) is 0 Å². The molecule has 0 aromatic carbocycles. The van der Waals surface area contributed by atoms with Gasteiger partial charge in [-0.25, -0.2) is 0 Å². The predicted octanol–water partition coefficient (Wildman–Crippen LogP) is 0.304. The van der Waals surface area contributed by atoms with Gasteiger partial charge in [0.25, 0.3) is 0 Å². The van der Waals surface area contributed by atoms with E-state index >= 15 is 0 Å². The van der Waals surface area contributed by atoms with Gasteiger partial charge in [0, 0.05) is 31.8 Å². The molecule has 1 amide bonds. The first-order valence-electron chi connectivity index (χ1n) is 4.73. The Morgan fingerprint density at radius 1 is 1.38 bits per heavy atom. The number of piperazine rings is 1. The first-order chi connectivity index (χ1) is 6.38. The number of carbonyl (C=O) groups is 1. The lowest BCUT2D eigenvalue weighted by Crippen LogP contribution is -2.46. The van der Waals surface area contributed by atoms with Crippen LogP contribution in [0.4, 0.5) is 0 Å². The second kappa shape index (κ2) is 3.75. The average molecular weight is 178 g/mol. The van der Waals surface area contributed by atoms with E-state index in [4.69, 9.17) is 0 Å². The highest BCUT2D eigenvalue weighted by Crippen LogP contribution is 2.13. The van der Waals surface area contributed by atoms with E-state index in [1.807, 2.05) is 23.1 Å². The molecule has 0 radical (unpaired) electrons. The van der Waals surface area contributed by atoms with Crippen LogP contribution < -0.4 is 5.32 Å². The van der Waals surface area contributed by atoms with E-state index in [-0.39, 0.29) is 5.91 Å². The van der Waals surface area contributed by atoms with Crippen molar-refractivity contribution < 1.29 is 4.79 Å². The lowest BCUT2D eigenvalue weighted by Gasteiger charge is -2.27. The van der Waals surface area contributed by atoms with Gasteiger partial charge < -0.3 is 10.2 Å². The summed E-state index contributed by atoms with van der Waals surface area (Å²) in [5, 5.41) is 3.23. The topological polar surface area (TPSA) is 32.3 Å². The van der Waals surface area contributed by atoms with Gasteiger partial charge in [0.1, 0.15) is 0 Å². The number of carbonyl (C=O) groups excluding carboxylic acids is 1. The molecule has 1 saturated heterocycles. The number of hydrogen-bond acceptors (Lipinski definition) is 2. The lowest BCUT2D eigenvalue weighted by atomic mass is 10.2. The number of hydrogen-bond donors (Lipinski definition) is 1. The number of allylic oxidation sites excluding steroid dienone is 3. The molecule has 0 spiro atoms. The van der Waals surface area contributed by atoms with Crippen molar-refractivity contribution in [3.63, 3.8) is 0 Å². The van der Waals surface area contributed by atoms with Crippen molar-refractivity contribution in [1.29, 1.82) is 0 Å². The van der Waals surface area contributed by atoms with E-state index < -0.39 is 0 Å². The van der Waals surface area contributed by atoms with Crippen LogP contribution in [0.15, 0.2) is 23.8 Å². The zero-order valence-electron chi connectivity index (χ0n) is 7.62. The first-order valence-corrected chi connectivity index (χ1v) is 4.73. The second-order valence-corrected chi connectivity index (χ2v) is 3.37. The van der Waals surface area contributed by atoms with Crippen molar-refractivity contribution >= 4 is 5.91 Å². The molecule has 0 aromatic rings. The van der Waals surface area contributed by atoms with E-state index in [9.17, 15) is 4.79 Å². The standard InChI is InChI=1S/C10H14N2O/c13-10(9-3-1-2-4-9)12-7-5-11-6-8-12/h1-3,11H,4-8H2. The van der Waals surface area contributed by atoms with Crippen LogP contribution in [0.3, 0.4) is 0 Å². The molecule has 0 aromatic heterocycles. The molecular formula is C10H14N2O. The molecule has 1 N–H and O–H groups in total. The highest BCUT2D eigenvalue weighted by Gasteiger charge is 2.19. The van der Waals surface area contributed by atoms with E-state index in [0.29, 0.717) is 0 Å². The third-order valence-electron chi connectivity index (χ3n) is 2.45. The summed E-state index contributed by atoms with van der Waals surface area (Å²) in [5.41, 5.74) is 0.932. The maximum atomic E-state index is 11.8. The quantitative estimate of drug-likeness (QED) is 0.626. The van der Waals surface area contributed by atoms with Crippen LogP contribution in [-0.2, 0) is 4.79 Å². The summed E-state index contributed by atoms with van der Waals surface area (Å²) in [6.07, 6.45) is 6.71. The molecule has 3 heteroatoms. The molecule has 0 bridgehead atoms. The Hall–Kier alpha value is -1.09. The fourth-order valence-corrected chi connectivity index (χ4v) is 1.68. The molecule has 13 heavy (non-hydrogen) atoms. The minimum atomic E-state index is 0.214. The van der Waals surface area contributed by atoms with E-state index in [0.717, 1.165) is 38.2 Å². The fraction of sp³-hybridized carbons (Fsp3) is 0.500. The van der Waals surface area contributed by atoms with Gasteiger partial charge in [-0.1, -0.05) is 18.2 Å². The Labute approximate surface area is 78.1 Å². The van der Waals surface area contributed by atoms with Gasteiger partial charge in [-0.05, 0) is 6.42 Å². The smallest absolute Gasteiger partial charge is 0.250 e. The summed E-state index contributed by atoms with van der Waals surface area (Å²) in [6.45, 7) is 3.53. The van der Waals surface area contributed by atoms with E-state index in [1.54, 1.807) is 0 Å². The van der Waals surface area contributed by atoms with Crippen molar-refractivity contribution in [2.75, 3.05) is 26.2 Å². The lowest BCUT2D eigenvalue weighted by molar-refractivity contribution is -0.127. The summed E-state index contributed by atoms with van der Waals surface area (Å²) in [5.74, 6) is 0.214. The molecule has 2 rings (SSSR count). The van der Waals surface area contributed by atoms with Crippen LogP contribution in [0.1, 0.15) is 6.42 Å². The van der Waals surface area contributed by atoms with Gasteiger partial charge in [0.15, 0.2) is 0 Å². The van der Waals surface area contributed by atoms with E-state index in [1.165, 1.54) is 0 Å². The molecule has 3 nitrogen and oxygen atoms in total. The van der Waals surface area contributed by atoms with Crippen molar-refractivity contribution in [3.8, 4) is 0 Å². The molecule has 1 fully saturated rings. The van der Waals surface area contributed by atoms with Gasteiger partial charge in [0.05, 0.1) is 0 Å². The molecule has 0 unspecified atom stereocenters. The molecule has 0 atom stereocenters. The third-order valence-corrected chi connectivity index (χ3v) is 2.45. The third kappa shape index (κ3) is 1.80. The second-order valence-electron chi connectivity index (χ2n) is 3.37. The van der Waals surface area contributed by atoms with Gasteiger partial charge >= 0.3 is 0 Å². The van der Waals surface area contributed by atoms with Gasteiger partial charge in [-0.2, -0.15) is 0 Å². The monoisotopic (exact) mass is 178 g/mol. The molecule has 2 aliphatic rings. The highest BCUT2D eigenvalue weighted by atomic mass is 16.2. The van der Waals surface area contributed by atoms with Crippen molar-refractivity contribution in [2.24, 2.45) is 0 Å². The number of rotatable bonds is 1. The van der Waals surface area contributed by atoms with Crippen LogP contribution in [0.25, 0.3) is 0 Å².